The van der Waals surface area contributed by atoms with Crippen molar-refractivity contribution in [2.75, 3.05) is 0 Å². The normalized spacial score (nSPS) is 12.5. The Hall–Kier alpha value is -1.19. The van der Waals surface area contributed by atoms with Crippen LogP contribution in [0.2, 0.25) is 0 Å². The van der Waals surface area contributed by atoms with Crippen molar-refractivity contribution in [3.63, 3.8) is 0 Å². The molecular weight excluding hydrogens is 307 g/mol. The summed E-state index contributed by atoms with van der Waals surface area (Å²) in [7, 11) is 0. The molecule has 2 rings (SSSR count). The van der Waals surface area contributed by atoms with Crippen LogP contribution in [0.4, 0.5) is 4.39 Å². The summed E-state index contributed by atoms with van der Waals surface area (Å²) in [5.74, 6) is -0.287. The monoisotopic (exact) mass is 322 g/mol. The van der Waals surface area contributed by atoms with Gasteiger partial charge in [0.2, 0.25) is 0 Å². The Morgan fingerprint density at radius 3 is 2.58 bits per heavy atom. The van der Waals surface area contributed by atoms with E-state index in [-0.39, 0.29) is 5.82 Å². The van der Waals surface area contributed by atoms with Crippen LogP contribution in [0.15, 0.2) is 40.9 Å². The molecular formula is C16H16BrFO. The lowest BCUT2D eigenvalue weighted by molar-refractivity contribution is 0.177. The number of aryl methyl sites for hydroxylation is 2. The van der Waals surface area contributed by atoms with Gasteiger partial charge in [0.05, 0.1) is 10.6 Å². The van der Waals surface area contributed by atoms with Gasteiger partial charge in [0.15, 0.2) is 0 Å². The fraction of sp³-hybridized carbons (Fsp3) is 0.250. The van der Waals surface area contributed by atoms with E-state index in [0.717, 1.165) is 22.3 Å². The molecule has 1 atom stereocenters. The third kappa shape index (κ3) is 3.43. The minimum Gasteiger partial charge on any atom is -0.388 e. The van der Waals surface area contributed by atoms with Gasteiger partial charge in [-0.25, -0.2) is 4.39 Å². The summed E-state index contributed by atoms with van der Waals surface area (Å²) in [6, 6.07) is 10.9. The Morgan fingerprint density at radius 2 is 1.89 bits per heavy atom. The van der Waals surface area contributed by atoms with Crippen molar-refractivity contribution in [2.45, 2.75) is 26.4 Å². The number of halogens is 2. The van der Waals surface area contributed by atoms with Crippen LogP contribution in [-0.2, 0) is 6.42 Å². The lowest BCUT2D eigenvalue weighted by atomic mass is 9.96. The van der Waals surface area contributed by atoms with Crippen LogP contribution in [0.5, 0.6) is 0 Å². The quantitative estimate of drug-likeness (QED) is 0.883. The molecule has 0 amide bonds. The van der Waals surface area contributed by atoms with Crippen molar-refractivity contribution >= 4 is 15.9 Å². The van der Waals surface area contributed by atoms with Crippen LogP contribution < -0.4 is 0 Å². The highest BCUT2D eigenvalue weighted by Gasteiger charge is 2.12. The first-order valence-electron chi connectivity index (χ1n) is 6.16. The van der Waals surface area contributed by atoms with Crippen LogP contribution in [0.1, 0.15) is 28.4 Å². The van der Waals surface area contributed by atoms with Crippen molar-refractivity contribution in [3.8, 4) is 0 Å². The Kier molecular flexibility index (Phi) is 4.38. The van der Waals surface area contributed by atoms with E-state index in [1.807, 2.05) is 32.0 Å². The molecule has 0 spiro atoms. The van der Waals surface area contributed by atoms with E-state index in [2.05, 4.69) is 15.9 Å². The summed E-state index contributed by atoms with van der Waals surface area (Å²) in [4.78, 5) is 0. The largest absolute Gasteiger partial charge is 0.388 e. The predicted octanol–water partition coefficient (Wildman–Crippen LogP) is 4.48. The highest BCUT2D eigenvalue weighted by Crippen LogP contribution is 2.25. The zero-order valence-corrected chi connectivity index (χ0v) is 12.5. The first-order valence-corrected chi connectivity index (χ1v) is 6.96. The minimum absolute atomic E-state index is 0.287. The van der Waals surface area contributed by atoms with E-state index in [9.17, 15) is 9.50 Å². The van der Waals surface area contributed by atoms with Crippen molar-refractivity contribution in [1.29, 1.82) is 0 Å². The Morgan fingerprint density at radius 1 is 1.16 bits per heavy atom. The van der Waals surface area contributed by atoms with E-state index < -0.39 is 6.10 Å². The van der Waals surface area contributed by atoms with E-state index in [4.69, 9.17) is 0 Å². The predicted molar refractivity (Wildman–Crippen MR) is 78.7 cm³/mol. The fourth-order valence-corrected chi connectivity index (χ4v) is 2.54. The molecule has 2 aromatic rings. The summed E-state index contributed by atoms with van der Waals surface area (Å²) in [5, 5.41) is 10.3. The van der Waals surface area contributed by atoms with Gasteiger partial charge in [-0.2, -0.15) is 0 Å². The first-order chi connectivity index (χ1) is 8.97. The van der Waals surface area contributed by atoms with Crippen LogP contribution >= 0.6 is 15.9 Å². The Balaban J connectivity index is 2.22. The fourth-order valence-electron chi connectivity index (χ4n) is 2.12. The molecule has 19 heavy (non-hydrogen) atoms. The number of benzene rings is 2. The lowest BCUT2D eigenvalue weighted by Crippen LogP contribution is -2.04. The van der Waals surface area contributed by atoms with Crippen molar-refractivity contribution < 1.29 is 9.50 Å². The summed E-state index contributed by atoms with van der Waals surface area (Å²) in [6.45, 7) is 3.99. The zero-order chi connectivity index (χ0) is 14.0. The molecule has 100 valence electrons. The summed E-state index contributed by atoms with van der Waals surface area (Å²) in [6.07, 6.45) is -0.0966. The maximum absolute atomic E-state index is 13.2. The molecule has 0 aliphatic carbocycles. The Labute approximate surface area is 121 Å². The summed E-state index contributed by atoms with van der Waals surface area (Å²) in [5.41, 5.74) is 4.03. The molecule has 0 aliphatic rings. The highest BCUT2D eigenvalue weighted by molar-refractivity contribution is 9.10. The van der Waals surface area contributed by atoms with Gasteiger partial charge < -0.3 is 5.11 Å². The number of aliphatic hydroxyl groups is 1. The molecule has 0 saturated carbocycles. The van der Waals surface area contributed by atoms with Gasteiger partial charge in [-0.15, -0.1) is 0 Å². The highest BCUT2D eigenvalue weighted by atomic mass is 79.9. The third-order valence-electron chi connectivity index (χ3n) is 3.21. The second kappa shape index (κ2) is 5.85. The molecule has 0 radical (unpaired) electrons. The van der Waals surface area contributed by atoms with Gasteiger partial charge >= 0.3 is 0 Å². The first kappa shape index (κ1) is 14.2. The molecule has 1 nitrogen and oxygen atoms in total. The van der Waals surface area contributed by atoms with E-state index in [0.29, 0.717) is 10.9 Å². The number of rotatable bonds is 3. The van der Waals surface area contributed by atoms with Crippen LogP contribution in [0.3, 0.4) is 0 Å². The second-order valence-corrected chi connectivity index (χ2v) is 5.68. The van der Waals surface area contributed by atoms with Gasteiger partial charge in [0.1, 0.15) is 5.82 Å². The van der Waals surface area contributed by atoms with Gasteiger partial charge in [-0.05, 0) is 58.6 Å². The van der Waals surface area contributed by atoms with E-state index >= 15 is 0 Å². The summed E-state index contributed by atoms with van der Waals surface area (Å²) < 4.78 is 13.6. The SMILES string of the molecule is Cc1ccc(C)c(C(O)Cc2ccc(F)c(Br)c2)c1. The smallest absolute Gasteiger partial charge is 0.137 e. The van der Waals surface area contributed by atoms with Gasteiger partial charge in [0.25, 0.3) is 0 Å². The van der Waals surface area contributed by atoms with E-state index in [1.54, 1.807) is 12.1 Å². The number of aliphatic hydroxyl groups excluding tert-OH is 1. The molecule has 1 unspecified atom stereocenters. The molecule has 3 heteroatoms. The molecule has 0 fully saturated rings. The topological polar surface area (TPSA) is 20.2 Å². The zero-order valence-electron chi connectivity index (χ0n) is 11.0. The molecule has 0 aliphatic heterocycles. The minimum atomic E-state index is -0.572. The molecule has 1 N–H and O–H groups in total. The second-order valence-electron chi connectivity index (χ2n) is 4.83. The molecule has 0 aromatic heterocycles. The molecule has 2 aromatic carbocycles. The van der Waals surface area contributed by atoms with Crippen LogP contribution in [-0.4, -0.2) is 5.11 Å². The van der Waals surface area contributed by atoms with E-state index in [1.165, 1.54) is 6.07 Å². The summed E-state index contributed by atoms with van der Waals surface area (Å²) >= 11 is 3.16. The van der Waals surface area contributed by atoms with Gasteiger partial charge in [-0.1, -0.05) is 29.8 Å². The maximum Gasteiger partial charge on any atom is 0.137 e. The maximum atomic E-state index is 13.2. The number of hydrogen-bond acceptors (Lipinski definition) is 1. The van der Waals surface area contributed by atoms with Crippen LogP contribution in [0, 0.1) is 19.7 Å². The number of hydrogen-bond donors (Lipinski definition) is 1. The molecule has 0 heterocycles. The van der Waals surface area contributed by atoms with Gasteiger partial charge in [-0.3, -0.25) is 0 Å². The molecule has 0 bridgehead atoms. The van der Waals surface area contributed by atoms with Gasteiger partial charge in [0, 0.05) is 6.42 Å². The average molecular weight is 323 g/mol. The van der Waals surface area contributed by atoms with Crippen molar-refractivity contribution in [2.24, 2.45) is 0 Å². The third-order valence-corrected chi connectivity index (χ3v) is 3.81. The van der Waals surface area contributed by atoms with Crippen molar-refractivity contribution in [3.05, 3.63) is 68.9 Å². The average Bonchev–Trinajstić information content (AvgIpc) is 2.36. The standard InChI is InChI=1S/C16H16BrFO/c1-10-3-4-11(2)13(7-10)16(19)9-12-5-6-15(18)14(17)8-12/h3-8,16,19H,9H2,1-2H3. The van der Waals surface area contributed by atoms with Crippen molar-refractivity contribution in [1.82, 2.24) is 0 Å². The lowest BCUT2D eigenvalue weighted by Gasteiger charge is -2.15. The Bertz CT molecular complexity index is 595. The molecule has 0 saturated heterocycles. The van der Waals surface area contributed by atoms with Crippen LogP contribution in [0.25, 0.3) is 0 Å².